The number of carbonyl (C=O) groups excluding carboxylic acids is 1. The number of hydrogen-bond donors (Lipinski definition) is 0. The van der Waals surface area contributed by atoms with Gasteiger partial charge in [0, 0.05) is 25.5 Å². The first-order valence-corrected chi connectivity index (χ1v) is 7.80. The Kier molecular flexibility index (Phi) is 6.11. The molecule has 0 bridgehead atoms. The van der Waals surface area contributed by atoms with Crippen LogP contribution in [0.3, 0.4) is 0 Å². The number of nitro benzene ring substituents is 1. The number of aromatic nitrogens is 2. The fourth-order valence-electron chi connectivity index (χ4n) is 2.51. The Balaban J connectivity index is 2.33. The smallest absolute Gasteiger partial charge is 0.406 e. The number of rotatable bonds is 7. The first-order chi connectivity index (χ1) is 13.1. The van der Waals surface area contributed by atoms with Gasteiger partial charge in [0.05, 0.1) is 31.8 Å². The third-order valence-corrected chi connectivity index (χ3v) is 3.81. The Morgan fingerprint density at radius 3 is 2.43 bits per heavy atom. The monoisotopic (exact) mass is 402 g/mol. The van der Waals surface area contributed by atoms with Crippen LogP contribution in [0.2, 0.25) is 0 Å². The van der Waals surface area contributed by atoms with Crippen molar-refractivity contribution in [2.24, 2.45) is 0 Å². The van der Waals surface area contributed by atoms with E-state index >= 15 is 0 Å². The minimum atomic E-state index is -4.46. The zero-order chi connectivity index (χ0) is 21.1. The van der Waals surface area contributed by atoms with Crippen LogP contribution in [0.5, 0.6) is 11.5 Å². The van der Waals surface area contributed by atoms with Crippen molar-refractivity contribution >= 4 is 11.6 Å². The Bertz CT molecular complexity index is 882. The molecule has 0 aliphatic rings. The van der Waals surface area contributed by atoms with E-state index in [9.17, 15) is 28.1 Å². The lowest BCUT2D eigenvalue weighted by molar-refractivity contribution is -0.385. The van der Waals surface area contributed by atoms with Gasteiger partial charge in [-0.25, -0.2) is 4.98 Å². The van der Waals surface area contributed by atoms with Crippen LogP contribution >= 0.6 is 0 Å². The lowest BCUT2D eigenvalue weighted by Crippen LogP contribution is -2.29. The average Bonchev–Trinajstić information content (AvgIpc) is 3.04. The number of amides is 1. The summed E-state index contributed by atoms with van der Waals surface area (Å²) >= 11 is 0. The molecule has 0 fully saturated rings. The highest BCUT2D eigenvalue weighted by Crippen LogP contribution is 2.35. The third-order valence-electron chi connectivity index (χ3n) is 3.81. The summed E-state index contributed by atoms with van der Waals surface area (Å²) < 4.78 is 48.8. The van der Waals surface area contributed by atoms with E-state index in [2.05, 4.69) is 4.98 Å². The van der Waals surface area contributed by atoms with Crippen molar-refractivity contribution in [3.05, 3.63) is 46.0 Å². The second-order valence-electron chi connectivity index (χ2n) is 5.73. The third kappa shape index (κ3) is 4.69. The van der Waals surface area contributed by atoms with Crippen LogP contribution in [-0.4, -0.2) is 52.7 Å². The van der Waals surface area contributed by atoms with Gasteiger partial charge in [-0.1, -0.05) is 0 Å². The molecule has 9 nitrogen and oxygen atoms in total. The Labute approximate surface area is 157 Å². The number of imidazole rings is 1. The summed E-state index contributed by atoms with van der Waals surface area (Å²) in [5, 5.41) is 11.3. The van der Waals surface area contributed by atoms with E-state index in [1.807, 2.05) is 0 Å². The molecule has 0 radical (unpaired) electrons. The number of methoxy groups -OCH3 is 2. The van der Waals surface area contributed by atoms with E-state index in [0.717, 1.165) is 27.8 Å². The van der Waals surface area contributed by atoms with Crippen LogP contribution in [0.4, 0.5) is 18.9 Å². The average molecular weight is 402 g/mol. The molecule has 1 aromatic carbocycles. The molecular formula is C16H17F3N4O5. The standard InChI is InChI=1S/C16H17F3N4O5/c1-21(8-14-20-4-5-22(14)9-16(17,18)19)15(24)10-6-12(27-2)13(28-3)7-11(10)23(25)26/h4-7H,8-9H2,1-3H3. The highest BCUT2D eigenvalue weighted by atomic mass is 19.4. The number of alkyl halides is 3. The lowest BCUT2D eigenvalue weighted by Gasteiger charge is -2.19. The zero-order valence-electron chi connectivity index (χ0n) is 15.2. The highest BCUT2D eigenvalue weighted by molar-refractivity contribution is 5.98. The van der Waals surface area contributed by atoms with Crippen molar-refractivity contribution in [1.29, 1.82) is 0 Å². The minimum Gasteiger partial charge on any atom is -0.493 e. The summed E-state index contributed by atoms with van der Waals surface area (Å²) in [7, 11) is 3.89. The molecule has 0 aliphatic carbocycles. The molecule has 12 heteroatoms. The highest BCUT2D eigenvalue weighted by Gasteiger charge is 2.30. The van der Waals surface area contributed by atoms with Gasteiger partial charge in [-0.15, -0.1) is 0 Å². The molecule has 0 aliphatic heterocycles. The van der Waals surface area contributed by atoms with Gasteiger partial charge in [-0.05, 0) is 0 Å². The molecule has 0 saturated carbocycles. The fraction of sp³-hybridized carbons (Fsp3) is 0.375. The number of benzene rings is 1. The molecule has 28 heavy (non-hydrogen) atoms. The Morgan fingerprint density at radius 1 is 1.29 bits per heavy atom. The first kappa shape index (κ1) is 21.0. The van der Waals surface area contributed by atoms with Gasteiger partial charge in [-0.2, -0.15) is 13.2 Å². The summed E-state index contributed by atoms with van der Waals surface area (Å²) in [5.41, 5.74) is -0.813. The van der Waals surface area contributed by atoms with Gasteiger partial charge in [0.25, 0.3) is 11.6 Å². The summed E-state index contributed by atoms with van der Waals surface area (Å²) in [4.78, 5) is 28.2. The molecule has 1 aromatic heterocycles. The van der Waals surface area contributed by atoms with E-state index in [-0.39, 0.29) is 29.4 Å². The van der Waals surface area contributed by atoms with E-state index in [1.54, 1.807) is 0 Å². The fourth-order valence-corrected chi connectivity index (χ4v) is 2.51. The number of carbonyl (C=O) groups is 1. The maximum absolute atomic E-state index is 12.7. The lowest BCUT2D eigenvalue weighted by atomic mass is 10.1. The quantitative estimate of drug-likeness (QED) is 0.521. The summed E-state index contributed by atoms with van der Waals surface area (Å²) in [6.45, 7) is -1.55. The number of halogens is 3. The van der Waals surface area contributed by atoms with E-state index in [4.69, 9.17) is 9.47 Å². The molecule has 0 atom stereocenters. The summed E-state index contributed by atoms with van der Waals surface area (Å²) in [5.74, 6) is -0.636. The van der Waals surface area contributed by atoms with Gasteiger partial charge < -0.3 is 18.9 Å². The summed E-state index contributed by atoms with van der Waals surface area (Å²) in [6, 6.07) is 2.20. The number of nitro groups is 1. The van der Waals surface area contributed by atoms with Gasteiger partial charge in [-0.3, -0.25) is 14.9 Å². The Morgan fingerprint density at radius 2 is 1.89 bits per heavy atom. The maximum Gasteiger partial charge on any atom is 0.406 e. The number of nitrogens with zero attached hydrogens (tertiary/aromatic N) is 4. The number of ether oxygens (including phenoxy) is 2. The van der Waals surface area contributed by atoms with Gasteiger partial charge in [0.1, 0.15) is 17.9 Å². The van der Waals surface area contributed by atoms with Gasteiger partial charge in [0.2, 0.25) is 0 Å². The van der Waals surface area contributed by atoms with Crippen LogP contribution in [0, 0.1) is 10.1 Å². The predicted molar refractivity (Wildman–Crippen MR) is 90.3 cm³/mol. The van der Waals surface area contributed by atoms with Crippen molar-refractivity contribution in [1.82, 2.24) is 14.5 Å². The largest absolute Gasteiger partial charge is 0.493 e. The van der Waals surface area contributed by atoms with E-state index < -0.39 is 29.2 Å². The second kappa shape index (κ2) is 8.15. The topological polar surface area (TPSA) is 99.7 Å². The van der Waals surface area contributed by atoms with E-state index in [0.29, 0.717) is 0 Å². The molecule has 2 aromatic rings. The molecule has 0 N–H and O–H groups in total. The van der Waals surface area contributed by atoms with Gasteiger partial charge >= 0.3 is 6.18 Å². The minimum absolute atomic E-state index is 0.0173. The molecule has 1 amide bonds. The van der Waals surface area contributed by atoms with Crippen LogP contribution in [-0.2, 0) is 13.1 Å². The van der Waals surface area contributed by atoms with Crippen LogP contribution < -0.4 is 9.47 Å². The second-order valence-corrected chi connectivity index (χ2v) is 5.73. The van der Waals surface area contributed by atoms with E-state index in [1.165, 1.54) is 27.5 Å². The van der Waals surface area contributed by atoms with Crippen LogP contribution in [0.25, 0.3) is 0 Å². The normalized spacial score (nSPS) is 11.2. The Hall–Kier alpha value is -3.31. The zero-order valence-corrected chi connectivity index (χ0v) is 15.2. The molecule has 152 valence electrons. The molecule has 2 rings (SSSR count). The predicted octanol–water partition coefficient (Wildman–Crippen LogP) is 2.64. The molecule has 0 saturated heterocycles. The molecule has 1 heterocycles. The summed E-state index contributed by atoms with van der Waals surface area (Å²) in [6.07, 6.45) is -2.14. The molecule has 0 spiro atoms. The van der Waals surface area contributed by atoms with Crippen molar-refractivity contribution in [2.75, 3.05) is 21.3 Å². The molecular weight excluding hydrogens is 385 g/mol. The maximum atomic E-state index is 12.7. The van der Waals surface area contributed by atoms with Crippen molar-refractivity contribution in [3.63, 3.8) is 0 Å². The van der Waals surface area contributed by atoms with Crippen molar-refractivity contribution in [2.45, 2.75) is 19.3 Å². The van der Waals surface area contributed by atoms with Crippen molar-refractivity contribution < 1.29 is 32.4 Å². The first-order valence-electron chi connectivity index (χ1n) is 7.80. The van der Waals surface area contributed by atoms with Crippen LogP contribution in [0.15, 0.2) is 24.5 Å². The van der Waals surface area contributed by atoms with Gasteiger partial charge in [0.15, 0.2) is 11.5 Å². The molecule has 0 unspecified atom stereocenters. The van der Waals surface area contributed by atoms with Crippen LogP contribution in [0.1, 0.15) is 16.2 Å². The number of hydrogen-bond acceptors (Lipinski definition) is 6. The van der Waals surface area contributed by atoms with Crippen molar-refractivity contribution in [3.8, 4) is 11.5 Å². The SMILES string of the molecule is COc1cc(C(=O)N(C)Cc2nccn2CC(F)(F)F)c([N+](=O)[O-])cc1OC.